The zero-order chi connectivity index (χ0) is 13.0. The van der Waals surface area contributed by atoms with E-state index in [4.69, 9.17) is 0 Å². The van der Waals surface area contributed by atoms with Crippen LogP contribution in [0.4, 0.5) is 5.82 Å². The summed E-state index contributed by atoms with van der Waals surface area (Å²) in [6.45, 7) is 5.13. The topological polar surface area (TPSA) is 36.4 Å². The maximum atomic E-state index is 9.90. The summed E-state index contributed by atoms with van der Waals surface area (Å²) >= 11 is 0. The molecule has 0 saturated carbocycles. The SMILES string of the molecule is CCC1CCCCCN1c1ncccc1[C@H](C)O. The number of aromatic nitrogens is 1. The molecule has 100 valence electrons. The van der Waals surface area contributed by atoms with Crippen LogP contribution in [0.15, 0.2) is 18.3 Å². The third kappa shape index (κ3) is 2.83. The number of anilines is 1. The van der Waals surface area contributed by atoms with Crippen LogP contribution in [0, 0.1) is 0 Å². The molecule has 0 aromatic carbocycles. The normalized spacial score (nSPS) is 22.6. The molecule has 1 unspecified atom stereocenters. The van der Waals surface area contributed by atoms with Gasteiger partial charge in [-0.3, -0.25) is 0 Å². The van der Waals surface area contributed by atoms with Crippen molar-refractivity contribution in [1.82, 2.24) is 4.98 Å². The summed E-state index contributed by atoms with van der Waals surface area (Å²) in [5.74, 6) is 0.987. The third-order valence-corrected chi connectivity index (χ3v) is 3.89. The number of nitrogens with zero attached hydrogens (tertiary/aromatic N) is 2. The molecule has 1 aromatic rings. The molecule has 0 spiro atoms. The molecule has 1 N–H and O–H groups in total. The lowest BCUT2D eigenvalue weighted by molar-refractivity contribution is 0.199. The fourth-order valence-corrected chi connectivity index (χ4v) is 2.86. The second-order valence-corrected chi connectivity index (χ2v) is 5.20. The second-order valence-electron chi connectivity index (χ2n) is 5.20. The number of aliphatic hydroxyl groups is 1. The van der Waals surface area contributed by atoms with Crippen LogP contribution in [0.5, 0.6) is 0 Å². The predicted molar refractivity (Wildman–Crippen MR) is 74.8 cm³/mol. The van der Waals surface area contributed by atoms with Crippen LogP contribution < -0.4 is 4.90 Å². The van der Waals surface area contributed by atoms with Crippen molar-refractivity contribution >= 4 is 5.82 Å². The van der Waals surface area contributed by atoms with E-state index >= 15 is 0 Å². The highest BCUT2D eigenvalue weighted by Gasteiger charge is 2.23. The predicted octanol–water partition coefficient (Wildman–Crippen LogP) is 3.29. The quantitative estimate of drug-likeness (QED) is 0.891. The Kier molecular flexibility index (Phi) is 4.59. The number of aliphatic hydroxyl groups excluding tert-OH is 1. The summed E-state index contributed by atoms with van der Waals surface area (Å²) in [5.41, 5.74) is 0.956. The van der Waals surface area contributed by atoms with Crippen LogP contribution in [0.3, 0.4) is 0 Å². The van der Waals surface area contributed by atoms with Crippen molar-refractivity contribution in [2.75, 3.05) is 11.4 Å². The fraction of sp³-hybridized carbons (Fsp3) is 0.667. The Morgan fingerprint density at radius 2 is 2.28 bits per heavy atom. The molecule has 1 aromatic heterocycles. The maximum absolute atomic E-state index is 9.90. The molecule has 0 bridgehead atoms. The van der Waals surface area contributed by atoms with Gasteiger partial charge in [0.1, 0.15) is 5.82 Å². The van der Waals surface area contributed by atoms with E-state index in [0.29, 0.717) is 6.04 Å². The van der Waals surface area contributed by atoms with Gasteiger partial charge < -0.3 is 10.0 Å². The smallest absolute Gasteiger partial charge is 0.134 e. The molecule has 3 nitrogen and oxygen atoms in total. The molecular weight excluding hydrogens is 224 g/mol. The Morgan fingerprint density at radius 3 is 3.00 bits per heavy atom. The lowest BCUT2D eigenvalue weighted by Crippen LogP contribution is -2.36. The van der Waals surface area contributed by atoms with Crippen LogP contribution in [-0.2, 0) is 0 Å². The average Bonchev–Trinajstić information content (AvgIpc) is 2.63. The van der Waals surface area contributed by atoms with Gasteiger partial charge in [-0.15, -0.1) is 0 Å². The van der Waals surface area contributed by atoms with Gasteiger partial charge in [-0.2, -0.15) is 0 Å². The molecule has 1 fully saturated rings. The van der Waals surface area contributed by atoms with E-state index in [2.05, 4.69) is 16.8 Å². The van der Waals surface area contributed by atoms with E-state index in [0.717, 1.165) is 24.3 Å². The molecule has 0 aliphatic carbocycles. The summed E-state index contributed by atoms with van der Waals surface area (Å²) in [5, 5.41) is 9.90. The largest absolute Gasteiger partial charge is 0.389 e. The maximum Gasteiger partial charge on any atom is 0.134 e. The lowest BCUT2D eigenvalue weighted by atomic mass is 10.1. The molecule has 3 heteroatoms. The zero-order valence-corrected chi connectivity index (χ0v) is 11.5. The van der Waals surface area contributed by atoms with Crippen LogP contribution in [0.25, 0.3) is 0 Å². The summed E-state index contributed by atoms with van der Waals surface area (Å²) in [6, 6.07) is 4.47. The highest BCUT2D eigenvalue weighted by Crippen LogP contribution is 2.29. The molecule has 2 heterocycles. The van der Waals surface area contributed by atoms with E-state index in [1.807, 2.05) is 25.3 Å². The van der Waals surface area contributed by atoms with Gasteiger partial charge >= 0.3 is 0 Å². The molecule has 1 saturated heterocycles. The average molecular weight is 248 g/mol. The number of rotatable bonds is 3. The monoisotopic (exact) mass is 248 g/mol. The number of hydrogen-bond acceptors (Lipinski definition) is 3. The Bertz CT molecular complexity index is 379. The van der Waals surface area contributed by atoms with Crippen molar-refractivity contribution in [3.63, 3.8) is 0 Å². The van der Waals surface area contributed by atoms with Gasteiger partial charge in [-0.05, 0) is 32.3 Å². The minimum Gasteiger partial charge on any atom is -0.389 e. The van der Waals surface area contributed by atoms with Gasteiger partial charge in [0.15, 0.2) is 0 Å². The van der Waals surface area contributed by atoms with E-state index in [1.165, 1.54) is 25.7 Å². The standard InChI is InChI=1S/C15H24N2O/c1-3-13-8-5-4-6-11-17(13)15-14(12(2)18)9-7-10-16-15/h7,9-10,12-13,18H,3-6,8,11H2,1-2H3/t12-,13?/m0/s1. The van der Waals surface area contributed by atoms with E-state index < -0.39 is 6.10 Å². The summed E-state index contributed by atoms with van der Waals surface area (Å²) in [4.78, 5) is 6.94. The summed E-state index contributed by atoms with van der Waals surface area (Å²) in [6.07, 6.45) is 7.62. The molecule has 18 heavy (non-hydrogen) atoms. The van der Waals surface area contributed by atoms with Crippen molar-refractivity contribution in [3.05, 3.63) is 23.9 Å². The van der Waals surface area contributed by atoms with E-state index in [9.17, 15) is 5.11 Å². The molecular formula is C15H24N2O. The number of pyridine rings is 1. The third-order valence-electron chi connectivity index (χ3n) is 3.89. The highest BCUT2D eigenvalue weighted by atomic mass is 16.3. The minimum absolute atomic E-state index is 0.450. The molecule has 0 amide bonds. The number of hydrogen-bond donors (Lipinski definition) is 1. The molecule has 2 atom stereocenters. The Hall–Kier alpha value is -1.09. The minimum atomic E-state index is -0.450. The van der Waals surface area contributed by atoms with Crippen LogP contribution in [0.1, 0.15) is 57.6 Å². The zero-order valence-electron chi connectivity index (χ0n) is 11.5. The first-order valence-corrected chi connectivity index (χ1v) is 7.13. The van der Waals surface area contributed by atoms with Gasteiger partial charge in [0.2, 0.25) is 0 Å². The molecule has 2 rings (SSSR count). The Morgan fingerprint density at radius 1 is 1.44 bits per heavy atom. The van der Waals surface area contributed by atoms with Gasteiger partial charge in [0, 0.05) is 24.3 Å². The first-order chi connectivity index (χ1) is 8.74. The second kappa shape index (κ2) is 6.19. The highest BCUT2D eigenvalue weighted by molar-refractivity contribution is 5.48. The van der Waals surface area contributed by atoms with Crippen LogP contribution in [-0.4, -0.2) is 22.7 Å². The van der Waals surface area contributed by atoms with Gasteiger partial charge in [0.25, 0.3) is 0 Å². The van der Waals surface area contributed by atoms with Gasteiger partial charge in [0.05, 0.1) is 6.10 Å². The first-order valence-electron chi connectivity index (χ1n) is 7.13. The fourth-order valence-electron chi connectivity index (χ4n) is 2.86. The van der Waals surface area contributed by atoms with Crippen molar-refractivity contribution in [1.29, 1.82) is 0 Å². The summed E-state index contributed by atoms with van der Waals surface area (Å²) in [7, 11) is 0. The summed E-state index contributed by atoms with van der Waals surface area (Å²) < 4.78 is 0. The molecule has 1 aliphatic rings. The Labute approximate surface area is 110 Å². The van der Waals surface area contributed by atoms with Crippen molar-refractivity contribution < 1.29 is 5.11 Å². The lowest BCUT2D eigenvalue weighted by Gasteiger charge is -2.32. The van der Waals surface area contributed by atoms with E-state index in [1.54, 1.807) is 0 Å². The van der Waals surface area contributed by atoms with Crippen LogP contribution >= 0.6 is 0 Å². The van der Waals surface area contributed by atoms with Crippen molar-refractivity contribution in [2.24, 2.45) is 0 Å². The van der Waals surface area contributed by atoms with Gasteiger partial charge in [-0.25, -0.2) is 4.98 Å². The van der Waals surface area contributed by atoms with Gasteiger partial charge in [-0.1, -0.05) is 25.8 Å². The molecule has 0 radical (unpaired) electrons. The Balaban J connectivity index is 2.32. The van der Waals surface area contributed by atoms with Crippen molar-refractivity contribution in [3.8, 4) is 0 Å². The first kappa shape index (κ1) is 13.3. The van der Waals surface area contributed by atoms with Crippen LogP contribution in [0.2, 0.25) is 0 Å². The van der Waals surface area contributed by atoms with Crippen molar-refractivity contribution in [2.45, 2.75) is 58.1 Å². The molecule has 1 aliphatic heterocycles. The van der Waals surface area contributed by atoms with E-state index in [-0.39, 0.29) is 0 Å².